The number of hydrogen-bond donors (Lipinski definition) is 2. The minimum atomic E-state index is -0.446. The van der Waals surface area contributed by atoms with E-state index in [0.717, 1.165) is 22.2 Å². The number of fused-ring (bicyclic) bond motifs is 1. The summed E-state index contributed by atoms with van der Waals surface area (Å²) in [6, 6.07) is 17.5. The van der Waals surface area contributed by atoms with Gasteiger partial charge in [0.05, 0.1) is 22.9 Å². The maximum atomic E-state index is 12.2. The quantitative estimate of drug-likeness (QED) is 0.368. The largest absolute Gasteiger partial charge is 0.506 e. The smallest absolute Gasteiger partial charge is 0.271 e. The first-order valence-electron chi connectivity index (χ1n) is 9.30. The first-order valence-corrected chi connectivity index (χ1v) is 9.68. The summed E-state index contributed by atoms with van der Waals surface area (Å²) in [5.74, 6) is -0.539. The van der Waals surface area contributed by atoms with Crippen LogP contribution in [0.15, 0.2) is 72.1 Å². The number of carbonyl (C=O) groups excluding carboxylic acids is 1. The van der Waals surface area contributed by atoms with Crippen molar-refractivity contribution in [3.63, 3.8) is 0 Å². The number of nitrogens with one attached hydrogen (secondary N) is 1. The topological polar surface area (TPSA) is 103 Å². The fourth-order valence-corrected chi connectivity index (χ4v) is 3.34. The number of nitriles is 1. The fraction of sp³-hybridized carbons (Fsp3) is 0.0435. The van der Waals surface area contributed by atoms with E-state index in [1.54, 1.807) is 24.5 Å². The Morgan fingerprint density at radius 2 is 2.13 bits per heavy atom. The van der Waals surface area contributed by atoms with Gasteiger partial charge in [0.15, 0.2) is 0 Å². The molecule has 152 valence electrons. The van der Waals surface area contributed by atoms with Crippen molar-refractivity contribution in [3.8, 4) is 11.8 Å². The highest BCUT2D eigenvalue weighted by Crippen LogP contribution is 2.23. The van der Waals surface area contributed by atoms with Gasteiger partial charge in [-0.3, -0.25) is 4.79 Å². The monoisotopic (exact) mass is 429 g/mol. The van der Waals surface area contributed by atoms with Crippen LogP contribution in [0.3, 0.4) is 0 Å². The van der Waals surface area contributed by atoms with Gasteiger partial charge in [-0.25, -0.2) is 10.4 Å². The van der Waals surface area contributed by atoms with E-state index in [1.165, 1.54) is 18.2 Å². The number of aromatic nitrogens is 2. The molecule has 8 heteroatoms. The molecule has 0 aliphatic rings. The SMILES string of the molecule is N#Cc1cccc(Cn2ccc3c(/C=N/NC(=O)c4ccc(O)c(Cl)c4)ccnc32)c1. The van der Waals surface area contributed by atoms with Crippen molar-refractivity contribution in [2.75, 3.05) is 0 Å². The van der Waals surface area contributed by atoms with E-state index in [-0.39, 0.29) is 16.3 Å². The number of hydrogen-bond acceptors (Lipinski definition) is 5. The van der Waals surface area contributed by atoms with Crippen LogP contribution in [-0.2, 0) is 6.54 Å². The Kier molecular flexibility index (Phi) is 5.65. The van der Waals surface area contributed by atoms with Gasteiger partial charge in [0, 0.05) is 35.5 Å². The molecule has 4 aromatic rings. The van der Waals surface area contributed by atoms with Gasteiger partial charge in [-0.05, 0) is 48.0 Å². The van der Waals surface area contributed by atoms with Gasteiger partial charge in [-0.2, -0.15) is 10.4 Å². The highest BCUT2D eigenvalue weighted by atomic mass is 35.5. The third kappa shape index (κ3) is 4.39. The molecule has 1 amide bonds. The number of hydrazone groups is 1. The lowest BCUT2D eigenvalue weighted by Crippen LogP contribution is -2.17. The molecule has 0 saturated heterocycles. The van der Waals surface area contributed by atoms with Crippen LogP contribution in [0, 0.1) is 11.3 Å². The minimum Gasteiger partial charge on any atom is -0.506 e. The van der Waals surface area contributed by atoms with E-state index >= 15 is 0 Å². The van der Waals surface area contributed by atoms with Crippen molar-refractivity contribution in [1.82, 2.24) is 15.0 Å². The number of benzene rings is 2. The van der Waals surface area contributed by atoms with Crippen molar-refractivity contribution in [3.05, 3.63) is 94.3 Å². The van der Waals surface area contributed by atoms with Crippen molar-refractivity contribution in [2.45, 2.75) is 6.54 Å². The number of carbonyl (C=O) groups is 1. The number of rotatable bonds is 5. The molecule has 2 heterocycles. The van der Waals surface area contributed by atoms with E-state index in [1.807, 2.05) is 35.0 Å². The molecule has 0 aliphatic heterocycles. The Hall–Kier alpha value is -4.15. The van der Waals surface area contributed by atoms with Gasteiger partial charge < -0.3 is 9.67 Å². The van der Waals surface area contributed by atoms with Crippen LogP contribution in [0.5, 0.6) is 5.75 Å². The predicted octanol–water partition coefficient (Wildman–Crippen LogP) is 4.08. The van der Waals surface area contributed by atoms with Crippen molar-refractivity contribution in [1.29, 1.82) is 5.26 Å². The van der Waals surface area contributed by atoms with E-state index in [0.29, 0.717) is 12.1 Å². The van der Waals surface area contributed by atoms with E-state index in [4.69, 9.17) is 16.9 Å². The highest BCUT2D eigenvalue weighted by molar-refractivity contribution is 6.32. The van der Waals surface area contributed by atoms with Crippen molar-refractivity contribution < 1.29 is 9.90 Å². The van der Waals surface area contributed by atoms with Crippen LogP contribution in [0.2, 0.25) is 5.02 Å². The second kappa shape index (κ2) is 8.69. The molecule has 0 spiro atoms. The van der Waals surface area contributed by atoms with E-state index in [2.05, 4.69) is 21.6 Å². The van der Waals surface area contributed by atoms with Crippen LogP contribution in [0.1, 0.15) is 27.0 Å². The molecule has 2 aromatic heterocycles. The van der Waals surface area contributed by atoms with Crippen LogP contribution in [0.4, 0.5) is 0 Å². The molecule has 31 heavy (non-hydrogen) atoms. The molecule has 7 nitrogen and oxygen atoms in total. The Bertz CT molecular complexity index is 1350. The molecule has 2 N–H and O–H groups in total. The number of halogens is 1. The predicted molar refractivity (Wildman–Crippen MR) is 118 cm³/mol. The second-order valence-electron chi connectivity index (χ2n) is 6.76. The Balaban J connectivity index is 1.53. The lowest BCUT2D eigenvalue weighted by Gasteiger charge is -2.06. The first-order chi connectivity index (χ1) is 15.0. The third-order valence-electron chi connectivity index (χ3n) is 4.68. The van der Waals surface area contributed by atoms with Gasteiger partial charge in [0.25, 0.3) is 5.91 Å². The summed E-state index contributed by atoms with van der Waals surface area (Å²) in [6.07, 6.45) is 5.14. The highest BCUT2D eigenvalue weighted by Gasteiger charge is 2.09. The van der Waals surface area contributed by atoms with Crippen LogP contribution in [0.25, 0.3) is 11.0 Å². The molecule has 0 bridgehead atoms. The van der Waals surface area contributed by atoms with Crippen LogP contribution >= 0.6 is 11.6 Å². The zero-order valence-electron chi connectivity index (χ0n) is 16.2. The van der Waals surface area contributed by atoms with E-state index < -0.39 is 5.91 Å². The maximum Gasteiger partial charge on any atom is 0.271 e. The van der Waals surface area contributed by atoms with Gasteiger partial charge in [-0.1, -0.05) is 23.7 Å². The Labute approximate surface area is 182 Å². The van der Waals surface area contributed by atoms with Gasteiger partial charge in [0.2, 0.25) is 0 Å². The number of aromatic hydroxyl groups is 1. The fourth-order valence-electron chi connectivity index (χ4n) is 3.16. The number of amides is 1. The third-order valence-corrected chi connectivity index (χ3v) is 4.99. The second-order valence-corrected chi connectivity index (χ2v) is 7.17. The molecule has 0 radical (unpaired) electrons. The zero-order chi connectivity index (χ0) is 21.8. The average Bonchev–Trinajstić information content (AvgIpc) is 3.19. The lowest BCUT2D eigenvalue weighted by molar-refractivity contribution is 0.0955. The number of pyridine rings is 1. The molecule has 0 atom stereocenters. The van der Waals surface area contributed by atoms with Gasteiger partial charge >= 0.3 is 0 Å². The summed E-state index contributed by atoms with van der Waals surface area (Å²) in [5.41, 5.74) is 5.90. The van der Waals surface area contributed by atoms with Gasteiger partial charge in [-0.15, -0.1) is 0 Å². The number of nitrogens with zero attached hydrogens (tertiary/aromatic N) is 4. The summed E-state index contributed by atoms with van der Waals surface area (Å²) in [7, 11) is 0. The summed E-state index contributed by atoms with van der Waals surface area (Å²) in [4.78, 5) is 16.7. The molecular formula is C23H16ClN5O2. The molecule has 2 aromatic carbocycles. The molecular weight excluding hydrogens is 414 g/mol. The maximum absolute atomic E-state index is 12.2. The van der Waals surface area contributed by atoms with Crippen molar-refractivity contribution in [2.24, 2.45) is 5.10 Å². The standard InChI is InChI=1S/C23H16ClN5O2/c24-20-11-17(4-5-21(20)30)23(31)28-27-13-18-6-8-26-22-19(18)7-9-29(22)14-16-3-1-2-15(10-16)12-25/h1-11,13,30H,14H2,(H,28,31)/b27-13+. The van der Waals surface area contributed by atoms with Crippen LogP contribution in [-0.4, -0.2) is 26.8 Å². The Morgan fingerprint density at radius 3 is 2.94 bits per heavy atom. The molecule has 0 fully saturated rings. The van der Waals surface area contributed by atoms with Crippen molar-refractivity contribution >= 4 is 34.8 Å². The molecule has 0 saturated carbocycles. The Morgan fingerprint density at radius 1 is 1.26 bits per heavy atom. The zero-order valence-corrected chi connectivity index (χ0v) is 16.9. The molecule has 0 unspecified atom stereocenters. The summed E-state index contributed by atoms with van der Waals surface area (Å²) < 4.78 is 1.99. The summed E-state index contributed by atoms with van der Waals surface area (Å²) >= 11 is 5.84. The molecule has 4 rings (SSSR count). The summed E-state index contributed by atoms with van der Waals surface area (Å²) in [6.45, 7) is 0.574. The lowest BCUT2D eigenvalue weighted by atomic mass is 10.1. The van der Waals surface area contributed by atoms with Crippen LogP contribution < -0.4 is 5.43 Å². The molecule has 0 aliphatic carbocycles. The average molecular weight is 430 g/mol. The summed E-state index contributed by atoms with van der Waals surface area (Å²) in [5, 5.41) is 23.5. The number of phenolic OH excluding ortho intramolecular Hbond substituents is 1. The minimum absolute atomic E-state index is 0.0918. The van der Waals surface area contributed by atoms with Gasteiger partial charge in [0.1, 0.15) is 11.4 Å². The number of phenols is 1. The van der Waals surface area contributed by atoms with E-state index in [9.17, 15) is 9.90 Å². The normalized spacial score (nSPS) is 11.0. The first kappa shape index (κ1) is 20.1.